The van der Waals surface area contributed by atoms with E-state index in [-0.39, 0.29) is 17.9 Å². The summed E-state index contributed by atoms with van der Waals surface area (Å²) in [6.45, 7) is 6.38. The number of anilines is 1. The number of amides is 1. The third-order valence-electron chi connectivity index (χ3n) is 5.42. The predicted molar refractivity (Wildman–Crippen MR) is 120 cm³/mol. The minimum absolute atomic E-state index is 0.0146. The molecule has 2 atom stereocenters. The average Bonchev–Trinajstić information content (AvgIpc) is 3.60. The number of aliphatic imine (C=N–C) groups is 2. The molecule has 162 valence electrons. The number of alkyl halides is 1. The highest BCUT2D eigenvalue weighted by Crippen LogP contribution is 2.30. The quantitative estimate of drug-likeness (QED) is 0.594. The average molecular weight is 423 g/mol. The molecule has 2 aromatic rings. The van der Waals surface area contributed by atoms with Gasteiger partial charge in [0.1, 0.15) is 17.8 Å². The molecule has 1 saturated heterocycles. The summed E-state index contributed by atoms with van der Waals surface area (Å²) in [4.78, 5) is 29.1. The van der Waals surface area contributed by atoms with Gasteiger partial charge in [0.2, 0.25) is 5.91 Å². The lowest BCUT2D eigenvalue weighted by Crippen LogP contribution is -2.48. The first-order valence-electron chi connectivity index (χ1n) is 10.4. The van der Waals surface area contributed by atoms with Crippen molar-refractivity contribution in [3.63, 3.8) is 0 Å². The Morgan fingerprint density at radius 3 is 2.81 bits per heavy atom. The zero-order valence-electron chi connectivity index (χ0n) is 17.4. The Hall–Kier alpha value is -3.20. The largest absolute Gasteiger partial charge is 0.363 e. The first kappa shape index (κ1) is 21.0. The number of carbonyl (C=O) groups is 1. The Bertz CT molecular complexity index is 1050. The zero-order chi connectivity index (χ0) is 21.8. The number of rotatable bonds is 7. The first-order valence-corrected chi connectivity index (χ1v) is 10.4. The molecule has 0 aromatic carbocycles. The van der Waals surface area contributed by atoms with E-state index in [0.717, 1.165) is 30.2 Å². The van der Waals surface area contributed by atoms with Crippen LogP contribution in [0.25, 0.3) is 10.8 Å². The van der Waals surface area contributed by atoms with Gasteiger partial charge in [-0.1, -0.05) is 0 Å². The van der Waals surface area contributed by atoms with Gasteiger partial charge in [0.15, 0.2) is 0 Å². The van der Waals surface area contributed by atoms with Gasteiger partial charge in [-0.05, 0) is 57.0 Å². The van der Waals surface area contributed by atoms with Crippen LogP contribution in [0.4, 0.5) is 10.2 Å². The molecule has 0 radical (unpaired) electrons. The summed E-state index contributed by atoms with van der Waals surface area (Å²) in [6, 6.07) is 3.39. The number of halogens is 1. The molecule has 3 heterocycles. The highest BCUT2D eigenvalue weighted by molar-refractivity contribution is 6.01. The minimum atomic E-state index is -1.01. The summed E-state index contributed by atoms with van der Waals surface area (Å²) in [5.74, 6) is 1.09. The molecule has 4 rings (SSSR count). The Morgan fingerprint density at radius 2 is 2.06 bits per heavy atom. The Kier molecular flexibility index (Phi) is 6.31. The fraction of sp³-hybridized carbons (Fsp3) is 0.409. The molecule has 2 aliphatic rings. The van der Waals surface area contributed by atoms with E-state index >= 15 is 0 Å². The van der Waals surface area contributed by atoms with Gasteiger partial charge in [0, 0.05) is 30.2 Å². The van der Waals surface area contributed by atoms with Gasteiger partial charge in [-0.3, -0.25) is 14.8 Å². The van der Waals surface area contributed by atoms with E-state index in [1.165, 1.54) is 6.20 Å². The molecule has 0 bridgehead atoms. The van der Waals surface area contributed by atoms with Gasteiger partial charge in [-0.25, -0.2) is 14.4 Å². The van der Waals surface area contributed by atoms with Crippen LogP contribution >= 0.6 is 0 Å². The molecule has 1 saturated carbocycles. The molecule has 9 heteroatoms. The monoisotopic (exact) mass is 423 g/mol. The van der Waals surface area contributed by atoms with Crippen molar-refractivity contribution in [1.82, 2.24) is 20.6 Å². The van der Waals surface area contributed by atoms with Crippen molar-refractivity contribution in [1.29, 1.82) is 0 Å². The van der Waals surface area contributed by atoms with Crippen LogP contribution in [-0.2, 0) is 4.79 Å². The number of piperidine rings is 1. The van der Waals surface area contributed by atoms with E-state index in [4.69, 9.17) is 0 Å². The second-order valence-corrected chi connectivity index (χ2v) is 7.90. The zero-order valence-corrected chi connectivity index (χ0v) is 17.4. The number of aromatic nitrogens is 2. The molecule has 3 N–H and O–H groups in total. The lowest BCUT2D eigenvalue weighted by atomic mass is 10.1. The van der Waals surface area contributed by atoms with Crippen LogP contribution in [0.15, 0.2) is 46.5 Å². The van der Waals surface area contributed by atoms with E-state index in [1.807, 2.05) is 19.1 Å². The number of nitrogens with one attached hydrogen (secondary N) is 3. The molecular weight excluding hydrogens is 397 g/mol. The van der Waals surface area contributed by atoms with Crippen molar-refractivity contribution in [2.75, 3.05) is 18.4 Å². The number of nitrogens with zero attached hydrogens (tertiary/aromatic N) is 4. The van der Waals surface area contributed by atoms with Crippen LogP contribution in [0.3, 0.4) is 0 Å². The highest BCUT2D eigenvalue weighted by Gasteiger charge is 2.29. The van der Waals surface area contributed by atoms with Crippen molar-refractivity contribution >= 4 is 34.9 Å². The third kappa shape index (κ3) is 5.29. The maximum Gasteiger partial charge on any atom is 0.228 e. The maximum absolute atomic E-state index is 14.2. The van der Waals surface area contributed by atoms with Gasteiger partial charge < -0.3 is 16.0 Å². The van der Waals surface area contributed by atoms with E-state index in [1.54, 1.807) is 12.4 Å². The normalized spacial score (nSPS) is 22.3. The van der Waals surface area contributed by atoms with E-state index in [0.29, 0.717) is 36.0 Å². The van der Waals surface area contributed by atoms with Crippen LogP contribution in [0.5, 0.6) is 0 Å². The number of carbonyl (C=O) groups excluding carboxylic acids is 1. The molecular formula is C22H26FN7O. The maximum atomic E-state index is 14.2. The number of hydrogen-bond donors (Lipinski definition) is 3. The Morgan fingerprint density at radius 1 is 1.26 bits per heavy atom. The number of pyridine rings is 2. The fourth-order valence-corrected chi connectivity index (χ4v) is 3.47. The summed E-state index contributed by atoms with van der Waals surface area (Å²) < 4.78 is 14.2. The molecule has 0 spiro atoms. The molecule has 1 amide bonds. The highest BCUT2D eigenvalue weighted by atomic mass is 19.1. The van der Waals surface area contributed by atoms with Crippen molar-refractivity contribution < 1.29 is 9.18 Å². The molecule has 1 aliphatic carbocycles. The topological polar surface area (TPSA) is 104 Å². The summed E-state index contributed by atoms with van der Waals surface area (Å²) in [5.41, 5.74) is 1.31. The van der Waals surface area contributed by atoms with Crippen LogP contribution in [0, 0.1) is 5.92 Å². The predicted octanol–water partition coefficient (Wildman–Crippen LogP) is 2.58. The van der Waals surface area contributed by atoms with Crippen molar-refractivity contribution in [2.24, 2.45) is 15.9 Å². The lowest BCUT2D eigenvalue weighted by Gasteiger charge is -2.28. The second-order valence-electron chi connectivity index (χ2n) is 7.90. The fourth-order valence-electron chi connectivity index (χ4n) is 3.47. The molecule has 8 nitrogen and oxygen atoms in total. The molecule has 2 fully saturated rings. The number of hydrogen-bond acceptors (Lipinski definition) is 7. The van der Waals surface area contributed by atoms with Crippen LogP contribution in [0.1, 0.15) is 31.9 Å². The van der Waals surface area contributed by atoms with Crippen LogP contribution in [-0.4, -0.2) is 53.6 Å². The van der Waals surface area contributed by atoms with Gasteiger partial charge in [0.05, 0.1) is 23.6 Å². The van der Waals surface area contributed by atoms with Gasteiger partial charge >= 0.3 is 0 Å². The van der Waals surface area contributed by atoms with Gasteiger partial charge in [-0.2, -0.15) is 0 Å². The third-order valence-corrected chi connectivity index (χ3v) is 5.42. The summed E-state index contributed by atoms with van der Waals surface area (Å²) in [5, 5.41) is 10.8. The Balaban J connectivity index is 1.54. The summed E-state index contributed by atoms with van der Waals surface area (Å²) in [6.07, 6.45) is 6.41. The SMILES string of the molecule is C=N/C=C(\N=C(/C)c1cc2cc(NC(=O)C3CC3)ncc2cn1)N[C@H]1CCNC[C@@H]1F. The van der Waals surface area contributed by atoms with Crippen molar-refractivity contribution in [3.8, 4) is 0 Å². The van der Waals surface area contributed by atoms with E-state index in [9.17, 15) is 9.18 Å². The summed E-state index contributed by atoms with van der Waals surface area (Å²) in [7, 11) is 0. The standard InChI is InChI=1S/C22H26FN7O/c1-13(28-21(12-24-2)29-18-5-6-25-11-17(18)23)19-7-15-8-20(27-10-16(15)9-26-19)30-22(31)14-3-4-14/h7-10,12,14,17-18,25,29H,2-6,11H2,1H3,(H,27,30,31)/b21-12+,28-13+/t17-,18-/m0/s1. The van der Waals surface area contributed by atoms with Gasteiger partial charge in [-0.15, -0.1) is 0 Å². The Labute approximate surface area is 180 Å². The molecule has 31 heavy (non-hydrogen) atoms. The lowest BCUT2D eigenvalue weighted by molar-refractivity contribution is -0.117. The number of fused-ring (bicyclic) bond motifs is 1. The van der Waals surface area contributed by atoms with Crippen molar-refractivity contribution in [2.45, 2.75) is 38.4 Å². The van der Waals surface area contributed by atoms with Crippen LogP contribution in [0.2, 0.25) is 0 Å². The smallest absolute Gasteiger partial charge is 0.228 e. The molecule has 2 aromatic heterocycles. The van der Waals surface area contributed by atoms with Gasteiger partial charge in [0.25, 0.3) is 0 Å². The second kappa shape index (κ2) is 9.30. The van der Waals surface area contributed by atoms with Crippen LogP contribution < -0.4 is 16.0 Å². The first-order chi connectivity index (χ1) is 15.0. The molecule has 0 unspecified atom stereocenters. The summed E-state index contributed by atoms with van der Waals surface area (Å²) >= 11 is 0. The van der Waals surface area contributed by atoms with E-state index < -0.39 is 6.17 Å². The molecule has 1 aliphatic heterocycles. The van der Waals surface area contributed by atoms with Crippen molar-refractivity contribution in [3.05, 3.63) is 42.2 Å². The minimum Gasteiger partial charge on any atom is -0.363 e. The van der Waals surface area contributed by atoms with E-state index in [2.05, 4.69) is 42.6 Å².